The Hall–Kier alpha value is -1.62. The first-order chi connectivity index (χ1) is 8.06. The molecule has 0 N–H and O–H groups in total. The zero-order valence-electron chi connectivity index (χ0n) is 10.4. The molecule has 0 bridgehead atoms. The second-order valence-corrected chi connectivity index (χ2v) is 3.67. The number of hydrogen-bond donors (Lipinski definition) is 0. The summed E-state index contributed by atoms with van der Waals surface area (Å²) in [4.78, 5) is 11.5. The molecule has 94 valence electrons. The van der Waals surface area contributed by atoms with Crippen LogP contribution in [-0.2, 0) is 20.9 Å². The van der Waals surface area contributed by atoms with Gasteiger partial charge in [0.25, 0.3) is 0 Å². The van der Waals surface area contributed by atoms with Gasteiger partial charge in [-0.1, -0.05) is 11.2 Å². The molecule has 5 heteroatoms. The van der Waals surface area contributed by atoms with Crippen LogP contribution in [0.3, 0.4) is 0 Å². The van der Waals surface area contributed by atoms with Crippen molar-refractivity contribution in [1.29, 1.82) is 0 Å². The number of carbonyl (C=O) groups is 1. The van der Waals surface area contributed by atoms with Crippen LogP contribution < -0.4 is 0 Å². The van der Waals surface area contributed by atoms with Gasteiger partial charge in [-0.25, -0.2) is 4.79 Å². The Morgan fingerprint density at radius 3 is 2.82 bits per heavy atom. The Morgan fingerprint density at radius 1 is 1.59 bits per heavy atom. The van der Waals surface area contributed by atoms with Gasteiger partial charge in [0.2, 0.25) is 0 Å². The molecule has 0 aliphatic carbocycles. The van der Waals surface area contributed by atoms with Crippen molar-refractivity contribution in [3.05, 3.63) is 29.7 Å². The number of esters is 1. The quantitative estimate of drug-likeness (QED) is 0.560. The Kier molecular flexibility index (Phi) is 4.90. The van der Waals surface area contributed by atoms with E-state index in [9.17, 15) is 4.79 Å². The third kappa shape index (κ3) is 3.71. The van der Waals surface area contributed by atoms with E-state index < -0.39 is 12.1 Å². The lowest BCUT2D eigenvalue weighted by Gasteiger charge is -2.11. The van der Waals surface area contributed by atoms with Crippen LogP contribution in [0.5, 0.6) is 0 Å². The largest absolute Gasteiger partial charge is 0.459 e. The molecule has 0 saturated heterocycles. The van der Waals surface area contributed by atoms with Gasteiger partial charge in [0, 0.05) is 0 Å². The first-order valence-corrected chi connectivity index (χ1v) is 5.37. The summed E-state index contributed by atoms with van der Waals surface area (Å²) in [5, 5.41) is 3.78. The number of carbonyl (C=O) groups excluding carboxylic acids is 1. The van der Waals surface area contributed by atoms with Gasteiger partial charge in [0.1, 0.15) is 12.4 Å². The third-order valence-corrected chi connectivity index (χ3v) is 2.34. The molecule has 0 aliphatic heterocycles. The van der Waals surface area contributed by atoms with Crippen molar-refractivity contribution in [2.24, 2.45) is 0 Å². The molecule has 0 saturated carbocycles. The molecule has 1 unspecified atom stereocenters. The summed E-state index contributed by atoms with van der Waals surface area (Å²) in [5.74, 6) is 0.252. The number of nitrogens with zero attached hydrogens (tertiary/aromatic N) is 1. The number of ether oxygens (including phenoxy) is 2. The van der Waals surface area contributed by atoms with E-state index >= 15 is 0 Å². The molecule has 1 aromatic heterocycles. The fourth-order valence-corrected chi connectivity index (χ4v) is 1.25. The van der Waals surface area contributed by atoms with Crippen molar-refractivity contribution in [3.63, 3.8) is 0 Å². The van der Waals surface area contributed by atoms with Crippen LogP contribution in [0.4, 0.5) is 0 Å². The molecule has 0 radical (unpaired) electrons. The van der Waals surface area contributed by atoms with Gasteiger partial charge in [-0.15, -0.1) is 6.58 Å². The zero-order valence-corrected chi connectivity index (χ0v) is 10.4. The van der Waals surface area contributed by atoms with Gasteiger partial charge in [0.15, 0.2) is 6.10 Å². The number of aromatic nitrogens is 1. The second-order valence-electron chi connectivity index (χ2n) is 3.67. The molecule has 0 aliphatic rings. The number of rotatable bonds is 6. The summed E-state index contributed by atoms with van der Waals surface area (Å²) in [7, 11) is 0. The summed E-state index contributed by atoms with van der Waals surface area (Å²) in [6.07, 6.45) is 0.978. The van der Waals surface area contributed by atoms with Crippen molar-refractivity contribution >= 4 is 5.97 Å². The van der Waals surface area contributed by atoms with E-state index in [4.69, 9.17) is 14.0 Å². The van der Waals surface area contributed by atoms with Crippen LogP contribution in [0.15, 0.2) is 17.2 Å². The highest BCUT2D eigenvalue weighted by Crippen LogP contribution is 2.13. The standard InChI is InChI=1S/C12H17NO4/c1-5-6-15-10(4)12(14)16-7-11-8(2)13-17-9(11)3/h5,10H,1,6-7H2,2-4H3. The molecule has 1 heterocycles. The average molecular weight is 239 g/mol. The normalized spacial score (nSPS) is 12.2. The minimum Gasteiger partial charge on any atom is -0.459 e. The maximum atomic E-state index is 11.5. The third-order valence-electron chi connectivity index (χ3n) is 2.34. The van der Waals surface area contributed by atoms with E-state index in [1.165, 1.54) is 0 Å². The summed E-state index contributed by atoms with van der Waals surface area (Å²) in [6, 6.07) is 0. The molecule has 1 aromatic rings. The van der Waals surface area contributed by atoms with Crippen LogP contribution in [0.2, 0.25) is 0 Å². The highest BCUT2D eigenvalue weighted by molar-refractivity contribution is 5.74. The van der Waals surface area contributed by atoms with Crippen molar-refractivity contribution in [2.75, 3.05) is 6.61 Å². The highest BCUT2D eigenvalue weighted by Gasteiger charge is 2.17. The molecule has 1 rings (SSSR count). The molecule has 0 fully saturated rings. The van der Waals surface area contributed by atoms with E-state index in [0.717, 1.165) is 11.3 Å². The first kappa shape index (κ1) is 13.4. The van der Waals surface area contributed by atoms with Crippen LogP contribution in [0, 0.1) is 13.8 Å². The van der Waals surface area contributed by atoms with Crippen molar-refractivity contribution in [1.82, 2.24) is 5.16 Å². The van der Waals surface area contributed by atoms with E-state index in [0.29, 0.717) is 12.4 Å². The Morgan fingerprint density at radius 2 is 2.29 bits per heavy atom. The van der Waals surface area contributed by atoms with Crippen molar-refractivity contribution in [3.8, 4) is 0 Å². The van der Waals surface area contributed by atoms with E-state index in [2.05, 4.69) is 11.7 Å². The maximum absolute atomic E-state index is 11.5. The van der Waals surface area contributed by atoms with Gasteiger partial charge in [0.05, 0.1) is 17.9 Å². The predicted molar refractivity (Wildman–Crippen MR) is 61.4 cm³/mol. The van der Waals surface area contributed by atoms with Gasteiger partial charge < -0.3 is 14.0 Å². The van der Waals surface area contributed by atoms with Crippen molar-refractivity contribution in [2.45, 2.75) is 33.5 Å². The number of hydrogen-bond acceptors (Lipinski definition) is 5. The highest BCUT2D eigenvalue weighted by atomic mass is 16.6. The van der Waals surface area contributed by atoms with Gasteiger partial charge in [-0.3, -0.25) is 0 Å². The summed E-state index contributed by atoms with van der Waals surface area (Å²) < 4.78 is 15.2. The lowest BCUT2D eigenvalue weighted by Crippen LogP contribution is -2.23. The van der Waals surface area contributed by atoms with Crippen LogP contribution >= 0.6 is 0 Å². The van der Waals surface area contributed by atoms with E-state index in [-0.39, 0.29) is 6.61 Å². The zero-order chi connectivity index (χ0) is 12.8. The SMILES string of the molecule is C=CCOC(C)C(=O)OCc1c(C)noc1C. The topological polar surface area (TPSA) is 61.6 Å². The molecular formula is C12H17NO4. The van der Waals surface area contributed by atoms with E-state index in [1.807, 2.05) is 0 Å². The lowest BCUT2D eigenvalue weighted by atomic mass is 10.2. The minimum absolute atomic E-state index is 0.155. The van der Waals surface area contributed by atoms with Crippen LogP contribution in [0.1, 0.15) is 23.9 Å². The molecular weight excluding hydrogens is 222 g/mol. The maximum Gasteiger partial charge on any atom is 0.335 e. The minimum atomic E-state index is -0.603. The first-order valence-electron chi connectivity index (χ1n) is 5.37. The lowest BCUT2D eigenvalue weighted by molar-refractivity contribution is -0.156. The molecule has 5 nitrogen and oxygen atoms in total. The molecule has 17 heavy (non-hydrogen) atoms. The Bertz CT molecular complexity index is 378. The summed E-state index contributed by atoms with van der Waals surface area (Å²) >= 11 is 0. The molecule has 0 aromatic carbocycles. The molecule has 0 amide bonds. The fraction of sp³-hybridized carbons (Fsp3) is 0.500. The Labute approximate surface area is 100 Å². The van der Waals surface area contributed by atoms with Crippen LogP contribution in [-0.4, -0.2) is 23.8 Å². The van der Waals surface area contributed by atoms with Crippen molar-refractivity contribution < 1.29 is 18.8 Å². The van der Waals surface area contributed by atoms with Crippen LogP contribution in [0.25, 0.3) is 0 Å². The summed E-state index contributed by atoms with van der Waals surface area (Å²) in [6.45, 7) is 9.20. The number of aryl methyl sites for hydroxylation is 2. The predicted octanol–water partition coefficient (Wildman–Crippen LogP) is 1.93. The summed E-state index contributed by atoms with van der Waals surface area (Å²) in [5.41, 5.74) is 1.53. The fourth-order valence-electron chi connectivity index (χ4n) is 1.25. The molecule has 1 atom stereocenters. The Balaban J connectivity index is 2.45. The van der Waals surface area contributed by atoms with Gasteiger partial charge in [-0.05, 0) is 20.8 Å². The average Bonchev–Trinajstić information content (AvgIpc) is 2.63. The smallest absolute Gasteiger partial charge is 0.335 e. The second kappa shape index (κ2) is 6.20. The van der Waals surface area contributed by atoms with E-state index in [1.54, 1.807) is 26.8 Å². The molecule has 0 spiro atoms. The van der Waals surface area contributed by atoms with Gasteiger partial charge in [-0.2, -0.15) is 0 Å². The monoisotopic (exact) mass is 239 g/mol. The van der Waals surface area contributed by atoms with Gasteiger partial charge >= 0.3 is 5.97 Å².